The normalized spacial score (nSPS) is 15.9. The maximum absolute atomic E-state index is 11.5. The summed E-state index contributed by atoms with van der Waals surface area (Å²) in [5.41, 5.74) is 1.86. The van der Waals surface area contributed by atoms with Crippen molar-refractivity contribution >= 4 is 5.91 Å². The second kappa shape index (κ2) is 3.61. The maximum atomic E-state index is 11.5. The predicted octanol–water partition coefficient (Wildman–Crippen LogP) is 0.265. The van der Waals surface area contributed by atoms with Crippen molar-refractivity contribution in [1.82, 2.24) is 20.3 Å². The first-order chi connectivity index (χ1) is 6.81. The predicted molar refractivity (Wildman–Crippen MR) is 50.3 cm³/mol. The molecule has 0 fully saturated rings. The van der Waals surface area contributed by atoms with E-state index in [1.165, 1.54) is 0 Å². The van der Waals surface area contributed by atoms with Crippen LogP contribution in [0.3, 0.4) is 0 Å². The molecule has 0 saturated heterocycles. The summed E-state index contributed by atoms with van der Waals surface area (Å²) in [5, 5.41) is 10.6. The number of nitrogens with zero attached hydrogens (tertiary/aromatic N) is 3. The summed E-state index contributed by atoms with van der Waals surface area (Å²) in [4.78, 5) is 13.3. The molecule has 2 rings (SSSR count). The quantitative estimate of drug-likeness (QED) is 0.649. The third-order valence-electron chi connectivity index (χ3n) is 2.28. The number of hydrogen-bond acceptors (Lipinski definition) is 3. The van der Waals surface area contributed by atoms with Crippen molar-refractivity contribution in [1.29, 1.82) is 0 Å². The van der Waals surface area contributed by atoms with E-state index in [1.54, 1.807) is 17.1 Å². The number of hydrogen-bond donors (Lipinski definition) is 1. The van der Waals surface area contributed by atoms with Gasteiger partial charge in [-0.15, -0.1) is 0 Å². The molecule has 1 amide bonds. The second-order valence-electron chi connectivity index (χ2n) is 3.23. The number of allylic oxidation sites excluding steroid dienone is 1. The van der Waals surface area contributed by atoms with Crippen LogP contribution in [-0.4, -0.2) is 32.8 Å². The first-order valence-electron chi connectivity index (χ1n) is 4.61. The van der Waals surface area contributed by atoms with Crippen molar-refractivity contribution in [3.8, 4) is 0 Å². The van der Waals surface area contributed by atoms with Gasteiger partial charge in [-0.25, -0.2) is 0 Å². The molecule has 1 aliphatic rings. The highest BCUT2D eigenvalue weighted by molar-refractivity contribution is 5.87. The largest absolute Gasteiger partial charge is 0.333 e. The Hall–Kier alpha value is -1.65. The van der Waals surface area contributed by atoms with Gasteiger partial charge in [0.2, 0.25) is 5.91 Å². The summed E-state index contributed by atoms with van der Waals surface area (Å²) in [6, 6.07) is 0. The van der Waals surface area contributed by atoms with Crippen molar-refractivity contribution < 1.29 is 4.79 Å². The van der Waals surface area contributed by atoms with Gasteiger partial charge in [0, 0.05) is 13.0 Å². The Labute approximate surface area is 81.8 Å². The van der Waals surface area contributed by atoms with E-state index in [1.807, 2.05) is 6.92 Å². The highest BCUT2D eigenvalue weighted by Gasteiger charge is 2.21. The standard InChI is InChI=1S/C9H12N4O/c1-2-3-9(14)13-5-4-7-8(6-13)11-12-10-7/h2-3H,4-6H2,1H3,(H,10,11,12)/b3-2+. The first-order valence-corrected chi connectivity index (χ1v) is 4.61. The molecule has 0 aliphatic carbocycles. The Bertz CT molecular complexity index is 369. The Kier molecular flexibility index (Phi) is 2.30. The lowest BCUT2D eigenvalue weighted by Gasteiger charge is -2.23. The van der Waals surface area contributed by atoms with Gasteiger partial charge in [0.05, 0.1) is 12.2 Å². The summed E-state index contributed by atoms with van der Waals surface area (Å²) < 4.78 is 0. The van der Waals surface area contributed by atoms with Crippen molar-refractivity contribution in [2.45, 2.75) is 19.9 Å². The first kappa shape index (κ1) is 8.93. The van der Waals surface area contributed by atoms with Gasteiger partial charge in [-0.1, -0.05) is 6.08 Å². The lowest BCUT2D eigenvalue weighted by molar-refractivity contribution is -0.126. The fourth-order valence-electron chi connectivity index (χ4n) is 1.54. The number of aromatic nitrogens is 3. The van der Waals surface area contributed by atoms with Crippen molar-refractivity contribution in [2.24, 2.45) is 0 Å². The number of aromatic amines is 1. The molecule has 0 radical (unpaired) electrons. The van der Waals surface area contributed by atoms with Crippen molar-refractivity contribution in [2.75, 3.05) is 6.54 Å². The van der Waals surface area contributed by atoms with Crippen LogP contribution in [0.5, 0.6) is 0 Å². The topological polar surface area (TPSA) is 61.9 Å². The van der Waals surface area contributed by atoms with Crippen LogP contribution in [0.1, 0.15) is 18.3 Å². The second-order valence-corrected chi connectivity index (χ2v) is 3.23. The van der Waals surface area contributed by atoms with E-state index in [0.717, 1.165) is 24.4 Å². The average molecular weight is 192 g/mol. The highest BCUT2D eigenvalue weighted by Crippen LogP contribution is 2.13. The molecular formula is C9H12N4O. The molecule has 0 atom stereocenters. The summed E-state index contributed by atoms with van der Waals surface area (Å²) in [6.45, 7) is 3.13. The molecule has 1 N–H and O–H groups in total. The van der Waals surface area contributed by atoms with E-state index < -0.39 is 0 Å². The van der Waals surface area contributed by atoms with E-state index in [-0.39, 0.29) is 5.91 Å². The minimum Gasteiger partial charge on any atom is -0.333 e. The SMILES string of the molecule is C/C=C/C(=O)N1CCc2n[nH]nc2C1. The zero-order chi connectivity index (χ0) is 9.97. The molecule has 0 aromatic carbocycles. The van der Waals surface area contributed by atoms with E-state index in [4.69, 9.17) is 0 Å². The Morgan fingerprint density at radius 3 is 3.07 bits per heavy atom. The summed E-state index contributed by atoms with van der Waals surface area (Å²) in [6.07, 6.45) is 4.11. The lowest BCUT2D eigenvalue weighted by Crippen LogP contribution is -2.34. The molecule has 5 heteroatoms. The molecule has 2 heterocycles. The van der Waals surface area contributed by atoms with E-state index in [2.05, 4.69) is 15.4 Å². The molecule has 1 aromatic heterocycles. The molecule has 74 valence electrons. The molecule has 0 unspecified atom stereocenters. The number of rotatable bonds is 1. The number of fused-ring (bicyclic) bond motifs is 1. The Morgan fingerprint density at radius 1 is 1.50 bits per heavy atom. The Balaban J connectivity index is 2.11. The molecule has 14 heavy (non-hydrogen) atoms. The van der Waals surface area contributed by atoms with Gasteiger partial charge in [-0.3, -0.25) is 4.79 Å². The molecule has 5 nitrogen and oxygen atoms in total. The monoisotopic (exact) mass is 192 g/mol. The smallest absolute Gasteiger partial charge is 0.246 e. The van der Waals surface area contributed by atoms with Crippen LogP contribution in [0.4, 0.5) is 0 Å². The molecule has 0 saturated carbocycles. The van der Waals surface area contributed by atoms with Gasteiger partial charge < -0.3 is 4.90 Å². The minimum absolute atomic E-state index is 0.0427. The number of nitrogens with one attached hydrogen (secondary N) is 1. The zero-order valence-corrected chi connectivity index (χ0v) is 8.03. The van der Waals surface area contributed by atoms with Crippen LogP contribution >= 0.6 is 0 Å². The molecule has 1 aromatic rings. The van der Waals surface area contributed by atoms with Gasteiger partial charge in [-0.2, -0.15) is 15.4 Å². The number of H-pyrrole nitrogens is 1. The van der Waals surface area contributed by atoms with Crippen molar-refractivity contribution in [3.05, 3.63) is 23.5 Å². The zero-order valence-electron chi connectivity index (χ0n) is 8.03. The van der Waals surface area contributed by atoms with E-state index in [0.29, 0.717) is 6.54 Å². The minimum atomic E-state index is 0.0427. The van der Waals surface area contributed by atoms with Crippen LogP contribution in [0, 0.1) is 0 Å². The van der Waals surface area contributed by atoms with Crippen LogP contribution in [0.15, 0.2) is 12.2 Å². The van der Waals surface area contributed by atoms with Gasteiger partial charge in [0.25, 0.3) is 0 Å². The molecule has 0 bridgehead atoms. The maximum Gasteiger partial charge on any atom is 0.246 e. The number of carbonyl (C=O) groups is 1. The fourth-order valence-corrected chi connectivity index (χ4v) is 1.54. The van der Waals surface area contributed by atoms with Crippen LogP contribution < -0.4 is 0 Å². The lowest BCUT2D eigenvalue weighted by atomic mass is 10.1. The van der Waals surface area contributed by atoms with Crippen LogP contribution in [-0.2, 0) is 17.8 Å². The van der Waals surface area contributed by atoms with Gasteiger partial charge in [0.1, 0.15) is 5.69 Å². The van der Waals surface area contributed by atoms with Gasteiger partial charge in [0.15, 0.2) is 0 Å². The molecule has 1 aliphatic heterocycles. The number of amides is 1. The average Bonchev–Trinajstić information content (AvgIpc) is 2.64. The van der Waals surface area contributed by atoms with Gasteiger partial charge >= 0.3 is 0 Å². The number of carbonyl (C=O) groups excluding carboxylic acids is 1. The summed E-state index contributed by atoms with van der Waals surface area (Å²) >= 11 is 0. The Morgan fingerprint density at radius 2 is 2.29 bits per heavy atom. The van der Waals surface area contributed by atoms with E-state index in [9.17, 15) is 4.79 Å². The third-order valence-corrected chi connectivity index (χ3v) is 2.28. The third kappa shape index (κ3) is 1.53. The summed E-state index contributed by atoms with van der Waals surface area (Å²) in [7, 11) is 0. The fraction of sp³-hybridized carbons (Fsp3) is 0.444. The van der Waals surface area contributed by atoms with E-state index >= 15 is 0 Å². The molecular weight excluding hydrogens is 180 g/mol. The summed E-state index contributed by atoms with van der Waals surface area (Å²) in [5.74, 6) is 0.0427. The van der Waals surface area contributed by atoms with Crippen LogP contribution in [0.25, 0.3) is 0 Å². The van der Waals surface area contributed by atoms with Gasteiger partial charge in [-0.05, 0) is 13.0 Å². The van der Waals surface area contributed by atoms with Crippen LogP contribution in [0.2, 0.25) is 0 Å². The highest BCUT2D eigenvalue weighted by atomic mass is 16.2. The molecule has 0 spiro atoms. The van der Waals surface area contributed by atoms with Crippen molar-refractivity contribution in [3.63, 3.8) is 0 Å².